The van der Waals surface area contributed by atoms with E-state index in [1.54, 1.807) is 30.3 Å². The molecule has 0 fully saturated rings. The lowest BCUT2D eigenvalue weighted by atomic mass is 10.0. The molecule has 0 spiro atoms. The van der Waals surface area contributed by atoms with Crippen molar-refractivity contribution in [2.45, 2.75) is 32.9 Å². The third-order valence-electron chi connectivity index (χ3n) is 5.63. The Hall–Kier alpha value is -4.06. The Kier molecular flexibility index (Phi) is 9.12. The van der Waals surface area contributed by atoms with Gasteiger partial charge >= 0.3 is 0 Å². The summed E-state index contributed by atoms with van der Waals surface area (Å²) < 4.78 is 20.2. The van der Waals surface area contributed by atoms with Crippen LogP contribution in [0.1, 0.15) is 57.8 Å². The Labute approximate surface area is 218 Å². The number of methoxy groups -OCH3 is 2. The molecule has 0 aliphatic heterocycles. The smallest absolute Gasteiger partial charge is 0.270 e. The van der Waals surface area contributed by atoms with Crippen molar-refractivity contribution in [2.24, 2.45) is 11.7 Å². The molecule has 11 nitrogen and oxygen atoms in total. The molecule has 1 atom stereocenters. The van der Waals surface area contributed by atoms with Gasteiger partial charge in [-0.05, 0) is 53.7 Å². The van der Waals surface area contributed by atoms with Crippen molar-refractivity contribution < 1.29 is 28.3 Å². The molecular formula is C25H31N5O6S. The molecule has 0 bridgehead atoms. The number of benzene rings is 1. The van der Waals surface area contributed by atoms with Gasteiger partial charge in [0.05, 0.1) is 32.7 Å². The first kappa shape index (κ1) is 27.5. The monoisotopic (exact) mass is 529 g/mol. The van der Waals surface area contributed by atoms with Gasteiger partial charge < -0.3 is 35.6 Å². The van der Waals surface area contributed by atoms with Crippen LogP contribution in [0.25, 0.3) is 0 Å². The Morgan fingerprint density at radius 1 is 1.16 bits per heavy atom. The molecule has 198 valence electrons. The molecule has 0 aliphatic carbocycles. The van der Waals surface area contributed by atoms with E-state index in [4.69, 9.17) is 25.4 Å². The van der Waals surface area contributed by atoms with Gasteiger partial charge in [0.1, 0.15) is 16.7 Å². The molecule has 1 unspecified atom stereocenters. The van der Waals surface area contributed by atoms with Crippen molar-refractivity contribution in [2.75, 3.05) is 26.5 Å². The van der Waals surface area contributed by atoms with Crippen LogP contribution >= 0.6 is 11.5 Å². The van der Waals surface area contributed by atoms with Gasteiger partial charge in [-0.3, -0.25) is 14.4 Å². The molecule has 5 N–H and O–H groups in total. The predicted octanol–water partition coefficient (Wildman–Crippen LogP) is 2.98. The number of amides is 3. The summed E-state index contributed by atoms with van der Waals surface area (Å²) in [5.74, 6) is -0.223. The van der Waals surface area contributed by atoms with Gasteiger partial charge in [0.2, 0.25) is 5.91 Å². The van der Waals surface area contributed by atoms with E-state index in [0.29, 0.717) is 35.3 Å². The van der Waals surface area contributed by atoms with Crippen molar-refractivity contribution in [1.29, 1.82) is 0 Å². The van der Waals surface area contributed by atoms with Crippen molar-refractivity contribution in [3.05, 3.63) is 58.5 Å². The number of nitrogen functional groups attached to an aromatic ring is 1. The molecule has 3 amide bonds. The highest BCUT2D eigenvalue weighted by molar-refractivity contribution is 7.09. The van der Waals surface area contributed by atoms with Crippen LogP contribution in [0.3, 0.4) is 0 Å². The molecule has 1 aromatic carbocycles. The van der Waals surface area contributed by atoms with E-state index in [9.17, 15) is 14.4 Å². The van der Waals surface area contributed by atoms with Gasteiger partial charge in [0.15, 0.2) is 17.2 Å². The number of anilines is 1. The molecule has 37 heavy (non-hydrogen) atoms. The largest absolute Gasteiger partial charge is 0.493 e. The van der Waals surface area contributed by atoms with Crippen LogP contribution in [-0.2, 0) is 11.3 Å². The second kappa shape index (κ2) is 12.3. The molecule has 2 heterocycles. The minimum Gasteiger partial charge on any atom is -0.493 e. The highest BCUT2D eigenvalue weighted by Crippen LogP contribution is 2.35. The molecule has 0 aliphatic rings. The minimum atomic E-state index is -1.11. The van der Waals surface area contributed by atoms with E-state index in [-0.39, 0.29) is 22.8 Å². The van der Waals surface area contributed by atoms with Gasteiger partial charge in [-0.2, -0.15) is 4.37 Å². The van der Waals surface area contributed by atoms with E-state index < -0.39 is 23.8 Å². The van der Waals surface area contributed by atoms with Crippen LogP contribution in [-0.4, -0.2) is 47.8 Å². The van der Waals surface area contributed by atoms with Gasteiger partial charge in [-0.1, -0.05) is 19.9 Å². The SMILES string of the molecule is COc1ccc(C(C(=O)NCCC(C)C)N(Cc2ccco2)C(=O)c2snc(C(N)=O)c2N)cc1OC. The zero-order valence-electron chi connectivity index (χ0n) is 21.1. The number of furan rings is 1. The highest BCUT2D eigenvalue weighted by Gasteiger charge is 2.36. The maximum absolute atomic E-state index is 13.9. The third kappa shape index (κ3) is 6.39. The van der Waals surface area contributed by atoms with E-state index in [1.165, 1.54) is 25.4 Å². The number of hydrogen-bond acceptors (Lipinski definition) is 9. The standard InChI is InChI=1S/C25H31N5O6S/c1-14(2)9-10-28-24(32)21(15-7-8-17(34-3)18(12-15)35-4)30(13-16-6-5-11-36-16)25(33)22-19(26)20(23(27)31)29-37-22/h5-8,11-12,14,21H,9-10,13,26H2,1-4H3,(H2,27,31)(H,28,32). The molecule has 3 rings (SSSR count). The van der Waals surface area contributed by atoms with Crippen LogP contribution in [0, 0.1) is 5.92 Å². The average Bonchev–Trinajstić information content (AvgIpc) is 3.52. The number of carbonyl (C=O) groups excluding carboxylic acids is 3. The second-order valence-corrected chi connectivity index (χ2v) is 9.41. The van der Waals surface area contributed by atoms with Gasteiger partial charge in [-0.25, -0.2) is 0 Å². The molecule has 0 radical (unpaired) electrons. The fourth-order valence-corrected chi connectivity index (χ4v) is 4.45. The second-order valence-electron chi connectivity index (χ2n) is 8.64. The maximum atomic E-state index is 13.9. The van der Waals surface area contributed by atoms with Gasteiger partial charge in [0.25, 0.3) is 11.8 Å². The van der Waals surface area contributed by atoms with Crippen molar-refractivity contribution >= 4 is 34.9 Å². The number of nitrogens with one attached hydrogen (secondary N) is 1. The van der Waals surface area contributed by atoms with E-state index in [1.807, 2.05) is 13.8 Å². The fourth-order valence-electron chi connectivity index (χ4n) is 3.69. The number of nitrogens with zero attached hydrogens (tertiary/aromatic N) is 2. The quantitative estimate of drug-likeness (QED) is 0.322. The van der Waals surface area contributed by atoms with E-state index in [2.05, 4.69) is 9.69 Å². The van der Waals surface area contributed by atoms with Crippen molar-refractivity contribution in [3.63, 3.8) is 0 Å². The number of hydrogen-bond donors (Lipinski definition) is 3. The molecule has 0 saturated carbocycles. The minimum absolute atomic E-state index is 0.0131. The summed E-state index contributed by atoms with van der Waals surface area (Å²) in [6.45, 7) is 4.45. The van der Waals surface area contributed by atoms with Crippen LogP contribution in [0.4, 0.5) is 5.69 Å². The Morgan fingerprint density at radius 2 is 1.89 bits per heavy atom. The molecular weight excluding hydrogens is 498 g/mol. The lowest BCUT2D eigenvalue weighted by Gasteiger charge is -2.31. The number of rotatable bonds is 12. The summed E-state index contributed by atoms with van der Waals surface area (Å²) in [7, 11) is 2.98. The fraction of sp³-hybridized carbons (Fsp3) is 0.360. The first-order valence-corrected chi connectivity index (χ1v) is 12.3. The lowest BCUT2D eigenvalue weighted by molar-refractivity contribution is -0.126. The van der Waals surface area contributed by atoms with E-state index >= 15 is 0 Å². The Balaban J connectivity index is 2.12. The zero-order valence-corrected chi connectivity index (χ0v) is 22.0. The van der Waals surface area contributed by atoms with E-state index in [0.717, 1.165) is 18.0 Å². The maximum Gasteiger partial charge on any atom is 0.270 e. The summed E-state index contributed by atoms with van der Waals surface area (Å²) >= 11 is 0.739. The van der Waals surface area contributed by atoms with Crippen LogP contribution in [0.5, 0.6) is 11.5 Å². The number of carbonyl (C=O) groups is 3. The molecule has 2 aromatic heterocycles. The number of ether oxygens (including phenoxy) is 2. The zero-order chi connectivity index (χ0) is 27.1. The van der Waals surface area contributed by atoms with Gasteiger partial charge in [-0.15, -0.1) is 0 Å². The number of primary amides is 1. The summed E-state index contributed by atoms with van der Waals surface area (Å²) in [5, 5.41) is 2.93. The number of aromatic nitrogens is 1. The van der Waals surface area contributed by atoms with Gasteiger partial charge in [0, 0.05) is 6.54 Å². The summed E-state index contributed by atoms with van der Waals surface area (Å²) in [5.41, 5.74) is 11.5. The molecule has 12 heteroatoms. The molecule has 0 saturated heterocycles. The van der Waals surface area contributed by atoms with Crippen molar-refractivity contribution in [3.8, 4) is 11.5 Å². The summed E-state index contributed by atoms with van der Waals surface area (Å²) in [4.78, 5) is 40.6. The predicted molar refractivity (Wildman–Crippen MR) is 138 cm³/mol. The highest BCUT2D eigenvalue weighted by atomic mass is 32.1. The summed E-state index contributed by atoms with van der Waals surface area (Å²) in [6.07, 6.45) is 2.22. The lowest BCUT2D eigenvalue weighted by Crippen LogP contribution is -2.43. The average molecular weight is 530 g/mol. The normalized spacial score (nSPS) is 11.7. The Morgan fingerprint density at radius 3 is 2.46 bits per heavy atom. The van der Waals surface area contributed by atoms with Crippen LogP contribution < -0.4 is 26.3 Å². The van der Waals surface area contributed by atoms with Crippen LogP contribution in [0.15, 0.2) is 41.0 Å². The molecule has 3 aromatic rings. The van der Waals surface area contributed by atoms with Crippen LogP contribution in [0.2, 0.25) is 0 Å². The van der Waals surface area contributed by atoms with Crippen molar-refractivity contribution in [1.82, 2.24) is 14.6 Å². The number of nitrogens with two attached hydrogens (primary N) is 2. The third-order valence-corrected chi connectivity index (χ3v) is 6.48. The summed E-state index contributed by atoms with van der Waals surface area (Å²) in [6, 6.07) is 7.24. The topological polar surface area (TPSA) is 163 Å². The first-order chi connectivity index (χ1) is 17.7. The first-order valence-electron chi connectivity index (χ1n) is 11.6. The Bertz CT molecular complexity index is 1240.